The van der Waals surface area contributed by atoms with Gasteiger partial charge in [0.15, 0.2) is 11.5 Å². The van der Waals surface area contributed by atoms with E-state index in [1.165, 1.54) is 12.5 Å². The van der Waals surface area contributed by atoms with E-state index in [9.17, 15) is 14.7 Å². The second-order valence-electron chi connectivity index (χ2n) is 8.84. The van der Waals surface area contributed by atoms with Crippen molar-refractivity contribution in [2.75, 3.05) is 6.54 Å². The summed E-state index contributed by atoms with van der Waals surface area (Å²) in [6.07, 6.45) is 4.07. The van der Waals surface area contributed by atoms with Crippen LogP contribution in [0.2, 0.25) is 0 Å². The molecule has 1 amide bonds. The third-order valence-electron chi connectivity index (χ3n) is 7.47. The van der Waals surface area contributed by atoms with Crippen LogP contribution in [0.3, 0.4) is 0 Å². The number of aromatic hydroxyl groups is 1. The summed E-state index contributed by atoms with van der Waals surface area (Å²) in [5, 5.41) is 25.4. The molecule has 0 aromatic heterocycles. The maximum atomic E-state index is 11.8. The Balaban J connectivity index is 0.00000205. The number of aryl methyl sites for hydroxylation is 1. The van der Waals surface area contributed by atoms with Crippen molar-refractivity contribution in [3.8, 4) is 11.5 Å². The number of hydrogen-bond acceptors (Lipinski definition) is 4. The van der Waals surface area contributed by atoms with Gasteiger partial charge in [0.05, 0.1) is 24.0 Å². The Morgan fingerprint density at radius 1 is 1.38 bits per heavy atom. The average Bonchev–Trinajstić information content (AvgIpc) is 2.97. The molecule has 2 heterocycles. The Kier molecular flexibility index (Phi) is 4.94. The van der Waals surface area contributed by atoms with Crippen molar-refractivity contribution < 1.29 is 42.3 Å². The first-order chi connectivity index (χ1) is 13.4. The highest BCUT2D eigenvalue weighted by Crippen LogP contribution is 2.62. The lowest BCUT2D eigenvalue weighted by Gasteiger charge is -2.55. The van der Waals surface area contributed by atoms with Crippen LogP contribution in [0, 0.1) is 5.92 Å². The number of ether oxygens (including phenoxy) is 1. The van der Waals surface area contributed by atoms with Gasteiger partial charge in [0.1, 0.15) is 6.10 Å². The highest BCUT2D eigenvalue weighted by molar-refractivity contribution is 5.74. The first-order valence-electron chi connectivity index (χ1n) is 10.3. The topological polar surface area (TPSA) is 112 Å². The third-order valence-corrected chi connectivity index (χ3v) is 7.47. The monoisotopic (exact) mass is 422 g/mol. The van der Waals surface area contributed by atoms with Crippen LogP contribution < -0.4 is 27.8 Å². The van der Waals surface area contributed by atoms with Gasteiger partial charge in [0, 0.05) is 37.7 Å². The molecule has 5 rings (SSSR count). The van der Waals surface area contributed by atoms with E-state index in [0.29, 0.717) is 24.1 Å². The van der Waals surface area contributed by atoms with Crippen molar-refractivity contribution in [1.82, 2.24) is 5.32 Å². The fourth-order valence-corrected chi connectivity index (χ4v) is 6.65. The van der Waals surface area contributed by atoms with Crippen molar-refractivity contribution in [3.63, 3.8) is 0 Å². The van der Waals surface area contributed by atoms with Gasteiger partial charge >= 0.3 is 5.97 Å². The normalized spacial score (nSPS) is 33.1. The zero-order valence-corrected chi connectivity index (χ0v) is 17.2. The number of phenolic OH excluding ortho intramolecular Hbond substituents is 1. The molecule has 1 aromatic rings. The van der Waals surface area contributed by atoms with Crippen LogP contribution in [0.15, 0.2) is 6.07 Å². The Bertz CT molecular complexity index is 875. The maximum Gasteiger partial charge on any atom is 0.303 e. The number of aliphatic carboxylic acids is 1. The molecule has 5 atom stereocenters. The number of nitrogens with two attached hydrogens (primary N) is 1. The molecule has 1 unspecified atom stereocenters. The molecule has 1 saturated carbocycles. The lowest BCUT2D eigenvalue weighted by molar-refractivity contribution is -0.711. The smallest absolute Gasteiger partial charge is 0.303 e. The van der Waals surface area contributed by atoms with E-state index < -0.39 is 5.97 Å². The predicted molar refractivity (Wildman–Crippen MR) is 99.4 cm³/mol. The van der Waals surface area contributed by atoms with Crippen molar-refractivity contribution >= 4 is 11.9 Å². The summed E-state index contributed by atoms with van der Waals surface area (Å²) in [6.45, 7) is 2.55. The highest BCUT2D eigenvalue weighted by Gasteiger charge is 2.66. The molecule has 2 aliphatic carbocycles. The summed E-state index contributed by atoms with van der Waals surface area (Å²) in [5.41, 5.74) is 3.03. The van der Waals surface area contributed by atoms with Gasteiger partial charge in [0.2, 0.25) is 5.91 Å². The summed E-state index contributed by atoms with van der Waals surface area (Å²) >= 11 is 0. The Morgan fingerprint density at radius 3 is 2.90 bits per heavy atom. The van der Waals surface area contributed by atoms with E-state index in [1.807, 2.05) is 0 Å². The molecule has 5 N–H and O–H groups in total. The molecule has 2 aliphatic heterocycles. The number of piperidine rings is 1. The van der Waals surface area contributed by atoms with Gasteiger partial charge in [-0.15, -0.1) is 0 Å². The molecular weight excluding hydrogens is 396 g/mol. The summed E-state index contributed by atoms with van der Waals surface area (Å²) in [7, 11) is 0. The number of benzene rings is 1. The molecule has 1 spiro atoms. The number of phenols is 1. The number of carbonyl (C=O) groups is 2. The second-order valence-corrected chi connectivity index (χ2v) is 8.84. The standard InChI is InChI=1S/C21H26N2O5.ClH/c1-10(24)23-14-4-3-13-15-9-12-11(2-5-17(26)27)8-16(25)19-18(12)21(13,6-7-22-15)20(14)28-19;/h8,13-15,20,22,25H,2-7,9H2,1H3,(H,23,24)(H,26,27);1H/t13?,14-,15+,20-,21-;/m0./s1. The SMILES string of the molecule is CC(=O)N[C@H]1CCC2[C@H]3Cc4c(CCC(=O)O)cc(O)c5c4[C@@]2(CC[NH2+]3)[C@H]1O5.[Cl-]. The summed E-state index contributed by atoms with van der Waals surface area (Å²) < 4.78 is 6.41. The van der Waals surface area contributed by atoms with Crippen LogP contribution in [0.1, 0.15) is 49.3 Å². The van der Waals surface area contributed by atoms with Crippen molar-refractivity contribution in [1.29, 1.82) is 0 Å². The van der Waals surface area contributed by atoms with E-state index in [4.69, 9.17) is 9.84 Å². The fourth-order valence-electron chi connectivity index (χ4n) is 6.65. The zero-order chi connectivity index (χ0) is 19.6. The number of carboxylic acids is 1. The minimum atomic E-state index is -0.830. The Hall–Kier alpha value is -1.99. The van der Waals surface area contributed by atoms with E-state index in [2.05, 4.69) is 10.6 Å². The highest BCUT2D eigenvalue weighted by atomic mass is 35.5. The van der Waals surface area contributed by atoms with Gasteiger partial charge in [-0.05, 0) is 36.5 Å². The van der Waals surface area contributed by atoms with E-state index in [1.54, 1.807) is 6.07 Å². The largest absolute Gasteiger partial charge is 1.00 e. The number of carbonyl (C=O) groups excluding carboxylic acids is 1. The summed E-state index contributed by atoms with van der Waals surface area (Å²) in [4.78, 5) is 22.9. The Morgan fingerprint density at radius 2 is 2.17 bits per heavy atom. The van der Waals surface area contributed by atoms with Crippen LogP contribution >= 0.6 is 0 Å². The van der Waals surface area contributed by atoms with E-state index in [0.717, 1.165) is 43.4 Å². The molecule has 158 valence electrons. The molecule has 8 heteroatoms. The minimum absolute atomic E-state index is 0. The molecule has 2 bridgehead atoms. The van der Waals surface area contributed by atoms with Crippen LogP contribution in [0.5, 0.6) is 11.5 Å². The number of hydrogen-bond donors (Lipinski definition) is 4. The summed E-state index contributed by atoms with van der Waals surface area (Å²) in [5.74, 6) is 0.251. The lowest BCUT2D eigenvalue weighted by Crippen LogP contribution is -3.00. The molecule has 1 aromatic carbocycles. The number of nitrogens with one attached hydrogen (secondary N) is 1. The number of amides is 1. The van der Waals surface area contributed by atoms with Gasteiger partial charge in [-0.3, -0.25) is 9.59 Å². The number of rotatable bonds is 4. The van der Waals surface area contributed by atoms with Gasteiger partial charge < -0.3 is 38.0 Å². The molecule has 1 saturated heterocycles. The quantitative estimate of drug-likeness (QED) is 0.419. The van der Waals surface area contributed by atoms with Crippen molar-refractivity contribution in [2.24, 2.45) is 5.92 Å². The van der Waals surface area contributed by atoms with Crippen LogP contribution in [-0.4, -0.2) is 46.8 Å². The third kappa shape index (κ3) is 2.81. The first-order valence-corrected chi connectivity index (χ1v) is 10.3. The minimum Gasteiger partial charge on any atom is -1.00 e. The van der Waals surface area contributed by atoms with Gasteiger partial charge in [-0.1, -0.05) is 0 Å². The second kappa shape index (κ2) is 7.06. The number of carboxylic acid groups (broad SMARTS) is 1. The first kappa shape index (κ1) is 20.3. The number of halogens is 1. The van der Waals surface area contributed by atoms with Crippen LogP contribution in [-0.2, 0) is 27.8 Å². The summed E-state index contributed by atoms with van der Waals surface area (Å²) in [6, 6.07) is 2.09. The molecule has 2 fully saturated rings. The van der Waals surface area contributed by atoms with Crippen LogP contribution in [0.4, 0.5) is 0 Å². The maximum absolute atomic E-state index is 11.8. The molecular formula is C21H27ClN2O5. The number of quaternary nitrogens is 1. The lowest BCUT2D eigenvalue weighted by atomic mass is 9.51. The van der Waals surface area contributed by atoms with E-state index >= 15 is 0 Å². The predicted octanol–water partition coefficient (Wildman–Crippen LogP) is -2.78. The van der Waals surface area contributed by atoms with Gasteiger partial charge in [-0.25, -0.2) is 0 Å². The zero-order valence-electron chi connectivity index (χ0n) is 16.4. The van der Waals surface area contributed by atoms with Crippen molar-refractivity contribution in [2.45, 2.75) is 69.1 Å². The van der Waals surface area contributed by atoms with E-state index in [-0.39, 0.29) is 48.0 Å². The van der Waals surface area contributed by atoms with Gasteiger partial charge in [0.25, 0.3) is 0 Å². The molecule has 29 heavy (non-hydrogen) atoms. The Labute approximate surface area is 175 Å². The molecule has 4 aliphatic rings. The fraction of sp³-hybridized carbons (Fsp3) is 0.619. The average molecular weight is 423 g/mol. The van der Waals surface area contributed by atoms with Gasteiger partial charge in [-0.2, -0.15) is 0 Å². The molecule has 7 nitrogen and oxygen atoms in total. The molecule has 0 radical (unpaired) electrons. The van der Waals surface area contributed by atoms with Crippen molar-refractivity contribution in [3.05, 3.63) is 22.8 Å². The van der Waals surface area contributed by atoms with Crippen LogP contribution in [0.25, 0.3) is 0 Å².